The number of ether oxygens (including phenoxy) is 1. The number of carbonyl (C=O) groups is 1. The van der Waals surface area contributed by atoms with E-state index in [4.69, 9.17) is 9.84 Å². The van der Waals surface area contributed by atoms with Gasteiger partial charge >= 0.3 is 0 Å². The van der Waals surface area contributed by atoms with E-state index in [-0.39, 0.29) is 17.1 Å². The minimum Gasteiger partial charge on any atom is -0.384 e. The van der Waals surface area contributed by atoms with E-state index in [1.807, 2.05) is 72.6 Å². The molecule has 3 heterocycles. The number of amides is 1. The average molecular weight is 730 g/mol. The number of fused-ring (bicyclic) bond motifs is 1. The Bertz CT molecular complexity index is 2320. The second-order valence-electron chi connectivity index (χ2n) is 14.7. The van der Waals surface area contributed by atoms with E-state index in [0.29, 0.717) is 37.2 Å². The summed E-state index contributed by atoms with van der Waals surface area (Å²) in [5, 5.41) is 8.32. The maximum Gasteiger partial charge on any atom is 0.265 e. The van der Waals surface area contributed by atoms with Gasteiger partial charge < -0.3 is 4.74 Å². The number of nitrogens with zero attached hydrogens (tertiary/aromatic N) is 4. The maximum atomic E-state index is 14.8. The lowest BCUT2D eigenvalue weighted by Gasteiger charge is -2.42. The predicted molar refractivity (Wildman–Crippen MR) is 215 cm³/mol. The third-order valence-corrected chi connectivity index (χ3v) is 10.9. The summed E-state index contributed by atoms with van der Waals surface area (Å²) in [6.07, 6.45) is 4.03. The van der Waals surface area contributed by atoms with E-state index in [1.54, 1.807) is 19.4 Å². The van der Waals surface area contributed by atoms with Crippen molar-refractivity contribution in [2.24, 2.45) is 5.41 Å². The van der Waals surface area contributed by atoms with Crippen LogP contribution in [0, 0.1) is 18.2 Å². The van der Waals surface area contributed by atoms with Gasteiger partial charge in [-0.3, -0.25) is 15.2 Å². The minimum absolute atomic E-state index is 0.217. The predicted octanol–water partition coefficient (Wildman–Crippen LogP) is 9.00. The first-order valence-corrected chi connectivity index (χ1v) is 18.8. The molecule has 1 unspecified atom stereocenters. The number of hydrogen-bond donors (Lipinski definition) is 1. The summed E-state index contributed by atoms with van der Waals surface area (Å²) in [7, 11) is 1.68. The molecule has 55 heavy (non-hydrogen) atoms. The van der Waals surface area contributed by atoms with Crippen LogP contribution in [-0.4, -0.2) is 52.5 Å². The van der Waals surface area contributed by atoms with Crippen LogP contribution >= 0.6 is 0 Å². The average Bonchev–Trinajstić information content (AvgIpc) is 3.60. The maximum absolute atomic E-state index is 14.8. The Hall–Kier alpha value is -5.96. The summed E-state index contributed by atoms with van der Waals surface area (Å²) in [5.74, 6) is -0.435. The molecule has 0 spiro atoms. The third-order valence-electron chi connectivity index (χ3n) is 10.9. The molecular weight excluding hydrogens is 686 g/mol. The first kappa shape index (κ1) is 36.0. The van der Waals surface area contributed by atoms with E-state index >= 15 is 0 Å². The van der Waals surface area contributed by atoms with Crippen molar-refractivity contribution in [3.05, 3.63) is 191 Å². The lowest BCUT2D eigenvalue weighted by atomic mass is 9.76. The Morgan fingerprint density at radius 2 is 1.47 bits per heavy atom. The van der Waals surface area contributed by atoms with E-state index in [1.165, 1.54) is 6.07 Å². The van der Waals surface area contributed by atoms with E-state index in [9.17, 15) is 9.18 Å². The third kappa shape index (κ3) is 6.95. The molecule has 8 heteroatoms. The van der Waals surface area contributed by atoms with Crippen molar-refractivity contribution < 1.29 is 13.9 Å². The first-order valence-electron chi connectivity index (χ1n) is 18.8. The second-order valence-corrected chi connectivity index (χ2v) is 14.7. The molecule has 5 aromatic carbocycles. The molecule has 0 saturated carbocycles. The molecule has 1 saturated heterocycles. The highest BCUT2D eigenvalue weighted by Crippen LogP contribution is 2.44. The van der Waals surface area contributed by atoms with Crippen LogP contribution in [-0.2, 0) is 16.7 Å². The van der Waals surface area contributed by atoms with E-state index in [2.05, 4.69) is 87.9 Å². The fourth-order valence-corrected chi connectivity index (χ4v) is 8.50. The Morgan fingerprint density at radius 1 is 0.836 bits per heavy atom. The van der Waals surface area contributed by atoms with Crippen LogP contribution < -0.4 is 5.43 Å². The highest BCUT2D eigenvalue weighted by atomic mass is 19.1. The van der Waals surface area contributed by atoms with Crippen molar-refractivity contribution in [2.45, 2.75) is 31.7 Å². The molecule has 2 aromatic heterocycles. The smallest absolute Gasteiger partial charge is 0.265 e. The number of rotatable bonds is 11. The normalized spacial score (nSPS) is 16.3. The topological polar surface area (TPSA) is 72.3 Å². The standard InChI is InChI=1S/C47H44FN5O2/c1-34-29-35(25-27-49-34)44-41-30-36(45(54)51-52-28-14-26-46(32-52,33-55-2)31-37-15-12-13-22-42(37)48)23-24-43(41)53(50-44)47(38-16-6-3-7-17-38,39-18-8-4-9-19-39)40-20-10-5-11-21-40/h3-13,15-25,27,29-30H,14,26,28,31-33H2,1-2H3,(H,51,54). The highest BCUT2D eigenvalue weighted by molar-refractivity contribution is 6.02. The lowest BCUT2D eigenvalue weighted by Crippen LogP contribution is -2.53. The molecule has 276 valence electrons. The first-order chi connectivity index (χ1) is 26.9. The summed E-state index contributed by atoms with van der Waals surface area (Å²) in [6, 6.07) is 48.2. The Kier molecular flexibility index (Phi) is 10.1. The van der Waals surface area contributed by atoms with Crippen LogP contribution in [0.2, 0.25) is 0 Å². The van der Waals surface area contributed by atoms with Crippen molar-refractivity contribution in [3.8, 4) is 11.3 Å². The van der Waals surface area contributed by atoms with Crippen molar-refractivity contribution in [1.82, 2.24) is 25.2 Å². The van der Waals surface area contributed by atoms with Gasteiger partial charge in [-0.25, -0.2) is 14.1 Å². The van der Waals surface area contributed by atoms with E-state index < -0.39 is 5.54 Å². The number of hydrogen-bond acceptors (Lipinski definition) is 5. The number of pyridine rings is 1. The van der Waals surface area contributed by atoms with Gasteiger partial charge in [0, 0.05) is 54.0 Å². The highest BCUT2D eigenvalue weighted by Gasteiger charge is 2.41. The van der Waals surface area contributed by atoms with Crippen molar-refractivity contribution in [2.75, 3.05) is 26.8 Å². The second kappa shape index (κ2) is 15.4. The molecule has 1 atom stereocenters. The summed E-state index contributed by atoms with van der Waals surface area (Å²) >= 11 is 0. The Balaban J connectivity index is 1.24. The summed E-state index contributed by atoms with van der Waals surface area (Å²) in [4.78, 5) is 18.7. The fourth-order valence-electron chi connectivity index (χ4n) is 8.50. The van der Waals surface area contributed by atoms with Gasteiger partial charge in [0.05, 0.1) is 12.1 Å². The van der Waals surface area contributed by atoms with Crippen LogP contribution in [0.15, 0.2) is 152 Å². The lowest BCUT2D eigenvalue weighted by molar-refractivity contribution is -0.00620. The van der Waals surface area contributed by atoms with Crippen LogP contribution in [0.3, 0.4) is 0 Å². The molecule has 7 nitrogen and oxygen atoms in total. The number of nitrogens with one attached hydrogen (secondary N) is 1. The number of halogens is 1. The largest absolute Gasteiger partial charge is 0.384 e. The molecule has 8 rings (SSSR count). The zero-order valence-corrected chi connectivity index (χ0v) is 31.2. The van der Waals surface area contributed by atoms with Gasteiger partial charge in [-0.2, -0.15) is 5.10 Å². The molecule has 7 aromatic rings. The minimum atomic E-state index is -0.858. The van der Waals surface area contributed by atoms with Gasteiger partial charge in [0.1, 0.15) is 17.1 Å². The van der Waals surface area contributed by atoms with Crippen molar-refractivity contribution in [1.29, 1.82) is 0 Å². The number of carbonyl (C=O) groups excluding carboxylic acids is 1. The number of piperidine rings is 1. The number of aromatic nitrogens is 3. The monoisotopic (exact) mass is 729 g/mol. The van der Waals surface area contributed by atoms with Gasteiger partial charge in [0.25, 0.3) is 5.91 Å². The number of methoxy groups -OCH3 is 1. The molecule has 1 N–H and O–H groups in total. The molecule has 1 aliphatic rings. The van der Waals surface area contributed by atoms with Crippen LogP contribution in [0.25, 0.3) is 22.2 Å². The van der Waals surface area contributed by atoms with Gasteiger partial charge in [0.15, 0.2) is 0 Å². The molecule has 0 bridgehead atoms. The Morgan fingerprint density at radius 3 is 2.09 bits per heavy atom. The zero-order chi connectivity index (χ0) is 37.8. The molecular formula is C47H44FN5O2. The number of hydrazine groups is 1. The fraction of sp³-hybridized carbons (Fsp3) is 0.213. The quantitative estimate of drug-likeness (QED) is 0.135. The van der Waals surface area contributed by atoms with Crippen LogP contribution in [0.5, 0.6) is 0 Å². The van der Waals surface area contributed by atoms with E-state index in [0.717, 1.165) is 57.4 Å². The SMILES string of the molecule is COCC1(Cc2ccccc2F)CCCN(NC(=O)c2ccc3c(c2)c(-c2ccnc(C)c2)nn3C(c2ccccc2)(c2ccccc2)c2ccccc2)C1. The van der Waals surface area contributed by atoms with Crippen LogP contribution in [0.4, 0.5) is 4.39 Å². The van der Waals surface area contributed by atoms with Crippen molar-refractivity contribution >= 4 is 16.8 Å². The van der Waals surface area contributed by atoms with Crippen molar-refractivity contribution in [3.63, 3.8) is 0 Å². The van der Waals surface area contributed by atoms with Gasteiger partial charge in [0.2, 0.25) is 0 Å². The van der Waals surface area contributed by atoms with Crippen LogP contribution in [0.1, 0.15) is 51.1 Å². The number of benzene rings is 5. The van der Waals surface area contributed by atoms with Gasteiger partial charge in [-0.1, -0.05) is 109 Å². The summed E-state index contributed by atoms with van der Waals surface area (Å²) in [5.41, 5.74) is 9.73. The molecule has 1 aliphatic heterocycles. The molecule has 0 aliphatic carbocycles. The van der Waals surface area contributed by atoms with Gasteiger partial charge in [-0.05, 0) is 84.8 Å². The zero-order valence-electron chi connectivity index (χ0n) is 31.2. The Labute approximate surface area is 321 Å². The molecule has 0 radical (unpaired) electrons. The number of aryl methyl sites for hydroxylation is 1. The molecule has 1 amide bonds. The molecule has 1 fully saturated rings. The summed E-state index contributed by atoms with van der Waals surface area (Å²) < 4.78 is 22.6. The van der Waals surface area contributed by atoms with Gasteiger partial charge in [-0.15, -0.1) is 0 Å². The summed E-state index contributed by atoms with van der Waals surface area (Å²) in [6.45, 7) is 3.65.